The fourth-order valence-electron chi connectivity index (χ4n) is 1.98. The third-order valence-corrected chi connectivity index (χ3v) is 3.37. The summed E-state index contributed by atoms with van der Waals surface area (Å²) in [6, 6.07) is 0. The number of nitrogens with zero attached hydrogens (tertiary/aromatic N) is 1. The Morgan fingerprint density at radius 2 is 2.08 bits per heavy atom. The zero-order valence-corrected chi connectivity index (χ0v) is 8.01. The van der Waals surface area contributed by atoms with E-state index in [2.05, 4.69) is 6.92 Å². The molecule has 72 valence electrons. The van der Waals surface area contributed by atoms with Crippen LogP contribution in [0, 0.1) is 5.41 Å². The Balaban J connectivity index is 1.96. The number of hydrogen-bond donors (Lipinski definition) is 0. The highest BCUT2D eigenvalue weighted by Crippen LogP contribution is 2.49. The van der Waals surface area contributed by atoms with E-state index in [0.29, 0.717) is 18.4 Å². The molecule has 0 aromatic rings. The minimum Gasteiger partial charge on any atom is -0.335 e. The van der Waals surface area contributed by atoms with Gasteiger partial charge in [-0.05, 0) is 24.7 Å². The molecule has 3 heteroatoms. The van der Waals surface area contributed by atoms with Gasteiger partial charge in [-0.2, -0.15) is 0 Å². The molecule has 2 fully saturated rings. The van der Waals surface area contributed by atoms with Crippen LogP contribution in [0.4, 0.5) is 0 Å². The number of carbonyl (C=O) groups excluding carboxylic acids is 2. The summed E-state index contributed by atoms with van der Waals surface area (Å²) in [5.74, 6) is -0.452. The van der Waals surface area contributed by atoms with Crippen molar-refractivity contribution in [1.82, 2.24) is 4.90 Å². The molecule has 3 nitrogen and oxygen atoms in total. The van der Waals surface area contributed by atoms with Crippen molar-refractivity contribution in [3.63, 3.8) is 0 Å². The molecule has 1 aliphatic carbocycles. The second kappa shape index (κ2) is 2.82. The van der Waals surface area contributed by atoms with E-state index in [-0.39, 0.29) is 11.7 Å². The van der Waals surface area contributed by atoms with Crippen LogP contribution in [0.5, 0.6) is 0 Å². The van der Waals surface area contributed by atoms with E-state index < -0.39 is 0 Å². The predicted molar refractivity (Wildman–Crippen MR) is 48.2 cm³/mol. The van der Waals surface area contributed by atoms with Gasteiger partial charge < -0.3 is 4.90 Å². The van der Waals surface area contributed by atoms with Crippen LogP contribution in [0.25, 0.3) is 0 Å². The van der Waals surface area contributed by atoms with E-state index in [0.717, 1.165) is 13.0 Å². The molecule has 1 amide bonds. The van der Waals surface area contributed by atoms with Crippen LogP contribution in [-0.4, -0.2) is 29.7 Å². The average molecular weight is 181 g/mol. The number of likely N-dealkylation sites (tertiary alicyclic amines) is 1. The molecule has 0 N–H and O–H groups in total. The van der Waals surface area contributed by atoms with Crippen molar-refractivity contribution < 1.29 is 9.59 Å². The molecule has 1 saturated heterocycles. The predicted octanol–water partition coefficient (Wildman–Crippen LogP) is 0.978. The van der Waals surface area contributed by atoms with Gasteiger partial charge in [0.15, 0.2) is 0 Å². The Hall–Kier alpha value is -0.860. The molecule has 0 atom stereocenters. The van der Waals surface area contributed by atoms with Gasteiger partial charge in [0.25, 0.3) is 5.91 Å². The Bertz CT molecular complexity index is 256. The summed E-state index contributed by atoms with van der Waals surface area (Å²) in [7, 11) is 0. The van der Waals surface area contributed by atoms with Gasteiger partial charge in [-0.1, -0.05) is 6.92 Å². The molecule has 2 rings (SSSR count). The summed E-state index contributed by atoms with van der Waals surface area (Å²) in [5, 5.41) is 0. The third kappa shape index (κ3) is 1.47. The van der Waals surface area contributed by atoms with Gasteiger partial charge >= 0.3 is 0 Å². The summed E-state index contributed by atoms with van der Waals surface area (Å²) < 4.78 is 0. The zero-order valence-electron chi connectivity index (χ0n) is 8.01. The zero-order chi connectivity index (χ0) is 9.47. The molecular weight excluding hydrogens is 166 g/mol. The van der Waals surface area contributed by atoms with Gasteiger partial charge in [-0.15, -0.1) is 0 Å². The number of carbonyl (C=O) groups is 2. The maximum atomic E-state index is 11.3. The second-order valence-electron chi connectivity index (χ2n) is 4.25. The Morgan fingerprint density at radius 3 is 2.46 bits per heavy atom. The van der Waals surface area contributed by atoms with E-state index in [4.69, 9.17) is 0 Å². The first-order valence-corrected chi connectivity index (χ1v) is 4.99. The molecule has 1 heterocycles. The number of amides is 1. The first kappa shape index (κ1) is 8.73. The van der Waals surface area contributed by atoms with E-state index >= 15 is 0 Å². The van der Waals surface area contributed by atoms with Gasteiger partial charge in [0.2, 0.25) is 5.78 Å². The first-order valence-electron chi connectivity index (χ1n) is 4.99. The lowest BCUT2D eigenvalue weighted by atomic mass is 10.0. The van der Waals surface area contributed by atoms with Crippen molar-refractivity contribution >= 4 is 11.7 Å². The van der Waals surface area contributed by atoms with Crippen LogP contribution in [0.15, 0.2) is 0 Å². The smallest absolute Gasteiger partial charge is 0.290 e. The lowest BCUT2D eigenvalue weighted by Crippen LogP contribution is -2.33. The van der Waals surface area contributed by atoms with E-state index in [1.165, 1.54) is 12.8 Å². The van der Waals surface area contributed by atoms with Crippen LogP contribution < -0.4 is 0 Å². The van der Waals surface area contributed by atoms with Crippen molar-refractivity contribution in [3.8, 4) is 0 Å². The molecule has 13 heavy (non-hydrogen) atoms. The van der Waals surface area contributed by atoms with Gasteiger partial charge in [-0.25, -0.2) is 0 Å². The molecule has 2 aliphatic rings. The van der Waals surface area contributed by atoms with Gasteiger partial charge in [-0.3, -0.25) is 9.59 Å². The molecule has 0 spiro atoms. The van der Waals surface area contributed by atoms with Gasteiger partial charge in [0.1, 0.15) is 0 Å². The van der Waals surface area contributed by atoms with E-state index in [1.54, 1.807) is 4.90 Å². The lowest BCUT2D eigenvalue weighted by Gasteiger charge is -2.21. The minimum atomic E-state index is -0.250. The SMILES string of the molecule is CCC1(CN2CCC(=O)C2=O)CC1. The highest BCUT2D eigenvalue weighted by atomic mass is 16.2. The van der Waals surface area contributed by atoms with Crippen molar-refractivity contribution in [2.75, 3.05) is 13.1 Å². The fraction of sp³-hybridized carbons (Fsp3) is 0.800. The van der Waals surface area contributed by atoms with Crippen molar-refractivity contribution in [3.05, 3.63) is 0 Å². The molecule has 1 aliphatic heterocycles. The van der Waals surface area contributed by atoms with E-state index in [9.17, 15) is 9.59 Å². The molecule has 0 radical (unpaired) electrons. The van der Waals surface area contributed by atoms with Crippen LogP contribution in [0.2, 0.25) is 0 Å². The van der Waals surface area contributed by atoms with Crippen molar-refractivity contribution in [1.29, 1.82) is 0 Å². The monoisotopic (exact) mass is 181 g/mol. The number of ketones is 1. The summed E-state index contributed by atoms with van der Waals surface area (Å²) in [5.41, 5.74) is 0.375. The van der Waals surface area contributed by atoms with Gasteiger partial charge in [0.05, 0.1) is 0 Å². The number of hydrogen-bond acceptors (Lipinski definition) is 2. The standard InChI is InChI=1S/C10H15NO2/c1-2-10(4-5-10)7-11-6-3-8(12)9(11)13/h2-7H2,1H3. The summed E-state index contributed by atoms with van der Waals surface area (Å²) >= 11 is 0. The first-order chi connectivity index (χ1) is 6.17. The number of Topliss-reactive ketones (excluding diaryl/α,β-unsaturated/α-hetero) is 1. The molecule has 0 unspecified atom stereocenters. The average Bonchev–Trinajstić information content (AvgIpc) is 2.85. The van der Waals surface area contributed by atoms with Crippen molar-refractivity contribution in [2.45, 2.75) is 32.6 Å². The highest BCUT2D eigenvalue weighted by Gasteiger charge is 2.44. The minimum absolute atomic E-state index is 0.202. The maximum Gasteiger partial charge on any atom is 0.290 e. The Kier molecular flexibility index (Phi) is 1.90. The summed E-state index contributed by atoms with van der Waals surface area (Å²) in [4.78, 5) is 24.0. The van der Waals surface area contributed by atoms with E-state index in [1.807, 2.05) is 0 Å². The molecule has 0 aromatic heterocycles. The lowest BCUT2D eigenvalue weighted by molar-refractivity contribution is -0.140. The topological polar surface area (TPSA) is 37.4 Å². The molecular formula is C10H15NO2. The number of rotatable bonds is 3. The fourth-order valence-corrected chi connectivity index (χ4v) is 1.98. The van der Waals surface area contributed by atoms with Crippen LogP contribution in [0.3, 0.4) is 0 Å². The summed E-state index contributed by atoms with van der Waals surface area (Å²) in [6.07, 6.45) is 4.01. The highest BCUT2D eigenvalue weighted by molar-refractivity contribution is 6.37. The normalized spacial score (nSPS) is 25.5. The third-order valence-electron chi connectivity index (χ3n) is 3.37. The van der Waals surface area contributed by atoms with Crippen LogP contribution >= 0.6 is 0 Å². The Labute approximate surface area is 78.1 Å². The molecule has 0 bridgehead atoms. The van der Waals surface area contributed by atoms with Crippen molar-refractivity contribution in [2.24, 2.45) is 5.41 Å². The Morgan fingerprint density at radius 1 is 1.38 bits per heavy atom. The van der Waals surface area contributed by atoms with Crippen LogP contribution in [0.1, 0.15) is 32.6 Å². The second-order valence-corrected chi connectivity index (χ2v) is 4.25. The molecule has 1 saturated carbocycles. The quantitative estimate of drug-likeness (QED) is 0.608. The van der Waals surface area contributed by atoms with Gasteiger partial charge in [0, 0.05) is 19.5 Å². The largest absolute Gasteiger partial charge is 0.335 e. The summed E-state index contributed by atoms with van der Waals surface area (Å²) in [6.45, 7) is 3.63. The van der Waals surface area contributed by atoms with Crippen LogP contribution in [-0.2, 0) is 9.59 Å². The molecule has 0 aromatic carbocycles. The maximum absolute atomic E-state index is 11.3.